The van der Waals surface area contributed by atoms with Gasteiger partial charge in [-0.05, 0) is 67.6 Å². The molecule has 284 valence electrons. The number of nitrogens with zero attached hydrogens (tertiary/aromatic N) is 2. The number of fused-ring (bicyclic) bond motifs is 3. The number of pyridine rings is 1. The Balaban J connectivity index is 1.34. The molecule has 4 aliphatic rings. The molecule has 1 saturated heterocycles. The standard InChI is InChI=1S/C39H49N5O8S/c1-5-26-23-39(26,36(47)43-53(49,50)28-17-18-28)42-33(45)31-22-27-24-44(31)35(46)32(38(2,3)4)41-37(48)51-21-13-8-6-7-12-16-30-29(19-20-40-34(30)52-27)25-14-10-9-11-15-25/h5,9-12,14-16,19-20,26-28,31-32H,1,6-8,13,17-18,21-24H2,2-4H3,(H,41,48)(H,42,45)(H,43,47)/t26-,27-,31+,32-,39-/m1/s1. The van der Waals surface area contributed by atoms with Crippen molar-refractivity contribution in [3.63, 3.8) is 0 Å². The Morgan fingerprint density at radius 2 is 1.85 bits per heavy atom. The van der Waals surface area contributed by atoms with Crippen molar-refractivity contribution in [1.29, 1.82) is 0 Å². The van der Waals surface area contributed by atoms with Crippen LogP contribution in [0.4, 0.5) is 4.79 Å². The summed E-state index contributed by atoms with van der Waals surface area (Å²) in [6.45, 7) is 9.35. The molecule has 14 heteroatoms. The van der Waals surface area contributed by atoms with Crippen LogP contribution in [-0.4, -0.2) is 84.2 Å². The lowest BCUT2D eigenvalue weighted by Gasteiger charge is -2.35. The quantitative estimate of drug-likeness (QED) is 0.345. The molecule has 1 aromatic carbocycles. The van der Waals surface area contributed by atoms with E-state index in [1.165, 1.54) is 11.0 Å². The first kappa shape index (κ1) is 38.0. The first-order valence-electron chi connectivity index (χ1n) is 18.4. The maximum atomic E-state index is 14.5. The summed E-state index contributed by atoms with van der Waals surface area (Å²) < 4.78 is 39.6. The minimum absolute atomic E-state index is 0.0270. The molecule has 2 aliphatic heterocycles. The number of rotatable bonds is 7. The third-order valence-electron chi connectivity index (χ3n) is 10.3. The lowest BCUT2D eigenvalue weighted by atomic mass is 9.85. The fourth-order valence-corrected chi connectivity index (χ4v) is 8.38. The highest BCUT2D eigenvalue weighted by Crippen LogP contribution is 2.45. The van der Waals surface area contributed by atoms with Crippen LogP contribution >= 0.6 is 0 Å². The van der Waals surface area contributed by atoms with Crippen LogP contribution in [0.15, 0.2) is 61.3 Å². The van der Waals surface area contributed by atoms with Gasteiger partial charge in [-0.25, -0.2) is 18.2 Å². The smallest absolute Gasteiger partial charge is 0.407 e. The van der Waals surface area contributed by atoms with Crippen LogP contribution < -0.4 is 20.1 Å². The summed E-state index contributed by atoms with van der Waals surface area (Å²) in [7, 11) is -3.89. The second-order valence-corrected chi connectivity index (χ2v) is 17.4. The van der Waals surface area contributed by atoms with Gasteiger partial charge in [-0.3, -0.25) is 19.1 Å². The van der Waals surface area contributed by atoms with Gasteiger partial charge in [-0.2, -0.15) is 0 Å². The molecule has 2 saturated carbocycles. The Kier molecular flexibility index (Phi) is 11.0. The van der Waals surface area contributed by atoms with Crippen molar-refractivity contribution in [2.75, 3.05) is 13.2 Å². The Morgan fingerprint density at radius 3 is 2.53 bits per heavy atom. The number of hydrogen-bond donors (Lipinski definition) is 3. The first-order valence-corrected chi connectivity index (χ1v) is 19.9. The number of allylic oxidation sites excluding steroid dienone is 1. The number of amides is 4. The summed E-state index contributed by atoms with van der Waals surface area (Å²) >= 11 is 0. The Bertz CT molecular complexity index is 1870. The molecule has 5 atom stereocenters. The first-order chi connectivity index (χ1) is 25.2. The molecular weight excluding hydrogens is 699 g/mol. The Labute approximate surface area is 311 Å². The van der Waals surface area contributed by atoms with Gasteiger partial charge in [-0.1, -0.05) is 69.3 Å². The molecule has 0 radical (unpaired) electrons. The Morgan fingerprint density at radius 1 is 1.09 bits per heavy atom. The minimum Gasteiger partial charge on any atom is -0.472 e. The van der Waals surface area contributed by atoms with Gasteiger partial charge in [0.2, 0.25) is 27.7 Å². The van der Waals surface area contributed by atoms with Crippen molar-refractivity contribution < 1.29 is 37.1 Å². The average Bonchev–Trinajstić information content (AvgIpc) is 4.05. The normalized spacial score (nSPS) is 26.8. The van der Waals surface area contributed by atoms with Crippen LogP contribution in [0, 0.1) is 11.3 Å². The lowest BCUT2D eigenvalue weighted by Crippen LogP contribution is -2.60. The molecule has 2 aliphatic carbocycles. The fourth-order valence-electron chi connectivity index (χ4n) is 7.01. The zero-order chi connectivity index (χ0) is 38.0. The van der Waals surface area contributed by atoms with Crippen LogP contribution in [0.3, 0.4) is 0 Å². The highest BCUT2D eigenvalue weighted by Gasteiger charge is 2.62. The van der Waals surface area contributed by atoms with E-state index in [0.717, 1.165) is 36.0 Å². The molecule has 0 spiro atoms. The topological polar surface area (TPSA) is 173 Å². The predicted molar refractivity (Wildman–Crippen MR) is 199 cm³/mol. The molecule has 1 aromatic heterocycles. The summed E-state index contributed by atoms with van der Waals surface area (Å²) in [6, 6.07) is 9.56. The number of hydrogen-bond acceptors (Lipinski definition) is 9. The molecule has 2 bridgehead atoms. The van der Waals surface area contributed by atoms with Crippen molar-refractivity contribution in [2.24, 2.45) is 11.3 Å². The van der Waals surface area contributed by atoms with E-state index in [2.05, 4.69) is 33.0 Å². The molecule has 3 fully saturated rings. The summed E-state index contributed by atoms with van der Waals surface area (Å²) in [5.41, 5.74) is 0.298. The van der Waals surface area contributed by atoms with E-state index in [1.54, 1.807) is 27.0 Å². The van der Waals surface area contributed by atoms with Gasteiger partial charge in [0, 0.05) is 24.1 Å². The number of benzene rings is 1. The van der Waals surface area contributed by atoms with E-state index in [-0.39, 0.29) is 26.0 Å². The number of nitrogens with one attached hydrogen (secondary N) is 3. The second-order valence-electron chi connectivity index (χ2n) is 15.4. The molecular formula is C39H49N5O8S. The molecule has 3 N–H and O–H groups in total. The monoisotopic (exact) mass is 747 g/mol. The fraction of sp³-hybridized carbons (Fsp3) is 0.513. The van der Waals surface area contributed by atoms with Crippen molar-refractivity contribution in [3.8, 4) is 17.0 Å². The molecule has 2 aromatic rings. The minimum atomic E-state index is -3.89. The summed E-state index contributed by atoms with van der Waals surface area (Å²) in [5.74, 6) is -2.19. The summed E-state index contributed by atoms with van der Waals surface area (Å²) in [6.07, 6.45) is 10.00. The number of carbonyl (C=O) groups excluding carboxylic acids is 4. The maximum Gasteiger partial charge on any atom is 0.407 e. The molecule has 4 amide bonds. The highest BCUT2D eigenvalue weighted by molar-refractivity contribution is 7.91. The van der Waals surface area contributed by atoms with E-state index >= 15 is 0 Å². The largest absolute Gasteiger partial charge is 0.472 e. The number of alkyl carbamates (subject to hydrolysis) is 1. The van der Waals surface area contributed by atoms with Crippen LogP contribution in [-0.2, 0) is 29.1 Å². The molecule has 3 heterocycles. The van der Waals surface area contributed by atoms with Gasteiger partial charge in [0.15, 0.2) is 0 Å². The summed E-state index contributed by atoms with van der Waals surface area (Å²) in [4.78, 5) is 61.3. The van der Waals surface area contributed by atoms with E-state index in [0.29, 0.717) is 25.1 Å². The highest BCUT2D eigenvalue weighted by atomic mass is 32.2. The number of cyclic esters (lactones) is 1. The average molecular weight is 748 g/mol. The van der Waals surface area contributed by atoms with E-state index in [4.69, 9.17) is 9.47 Å². The van der Waals surface area contributed by atoms with Gasteiger partial charge in [0.1, 0.15) is 23.7 Å². The number of sulfonamides is 1. The number of carbonyl (C=O) groups is 4. The zero-order valence-corrected chi connectivity index (χ0v) is 31.3. The maximum absolute atomic E-state index is 14.5. The summed E-state index contributed by atoms with van der Waals surface area (Å²) in [5, 5.41) is 4.91. The van der Waals surface area contributed by atoms with Crippen molar-refractivity contribution in [1.82, 2.24) is 25.2 Å². The van der Waals surface area contributed by atoms with E-state index < -0.39 is 74.1 Å². The molecule has 53 heavy (non-hydrogen) atoms. The van der Waals surface area contributed by atoms with E-state index in [1.807, 2.05) is 42.5 Å². The SMILES string of the molecule is C=C[C@@H]1C[C@]1(NC(=O)[C@@H]1C[C@@H]2CN1C(=O)[C@H](C(C)(C)C)NC(=O)OCCCCCC=Cc1c(-c3ccccc3)ccnc1O2)C(=O)NS(=O)(=O)C1CC1. The van der Waals surface area contributed by atoms with Gasteiger partial charge >= 0.3 is 6.09 Å². The molecule has 6 rings (SSSR count). The second kappa shape index (κ2) is 15.3. The van der Waals surface area contributed by atoms with Crippen LogP contribution in [0.1, 0.15) is 77.7 Å². The number of ether oxygens (including phenoxy) is 2. The van der Waals surface area contributed by atoms with Crippen molar-refractivity contribution in [3.05, 3.63) is 66.9 Å². The van der Waals surface area contributed by atoms with Gasteiger partial charge in [-0.15, -0.1) is 6.58 Å². The third kappa shape index (κ3) is 8.58. The van der Waals surface area contributed by atoms with Gasteiger partial charge in [0.25, 0.3) is 5.91 Å². The van der Waals surface area contributed by atoms with Crippen LogP contribution in [0.25, 0.3) is 17.2 Å². The van der Waals surface area contributed by atoms with Crippen molar-refractivity contribution >= 4 is 39.9 Å². The molecule has 0 unspecified atom stereocenters. The number of aromatic nitrogens is 1. The third-order valence-corrected chi connectivity index (χ3v) is 12.1. The zero-order valence-electron chi connectivity index (χ0n) is 30.5. The molecule has 13 nitrogen and oxygen atoms in total. The lowest BCUT2D eigenvalue weighted by molar-refractivity contribution is -0.142. The predicted octanol–water partition coefficient (Wildman–Crippen LogP) is 4.49. The van der Waals surface area contributed by atoms with Crippen LogP contribution in [0.5, 0.6) is 5.88 Å². The van der Waals surface area contributed by atoms with Crippen LogP contribution in [0.2, 0.25) is 0 Å². The van der Waals surface area contributed by atoms with Crippen molar-refractivity contribution in [2.45, 2.75) is 101 Å². The van der Waals surface area contributed by atoms with Gasteiger partial charge in [0.05, 0.1) is 18.4 Å². The van der Waals surface area contributed by atoms with E-state index in [9.17, 15) is 27.6 Å². The Hall–Kier alpha value is -4.72. The van der Waals surface area contributed by atoms with Gasteiger partial charge < -0.3 is 25.0 Å².